The van der Waals surface area contributed by atoms with E-state index in [-0.39, 0.29) is 11.9 Å². The van der Waals surface area contributed by atoms with Crippen LogP contribution in [0.5, 0.6) is 0 Å². The fourth-order valence-electron chi connectivity index (χ4n) is 1.78. The van der Waals surface area contributed by atoms with Gasteiger partial charge >= 0.3 is 0 Å². The molecular formula is C13H14ClFN2S. The quantitative estimate of drug-likeness (QED) is 0.903. The van der Waals surface area contributed by atoms with Crippen LogP contribution in [0.2, 0.25) is 4.34 Å². The van der Waals surface area contributed by atoms with Gasteiger partial charge in [0.05, 0.1) is 22.3 Å². The summed E-state index contributed by atoms with van der Waals surface area (Å²) < 4.78 is 13.7. The summed E-state index contributed by atoms with van der Waals surface area (Å²) in [6.07, 6.45) is 2.06. The van der Waals surface area contributed by atoms with Gasteiger partial charge in [-0.05, 0) is 30.8 Å². The Balaban J connectivity index is 2.14. The van der Waals surface area contributed by atoms with Crippen LogP contribution >= 0.6 is 22.9 Å². The smallest absolute Gasteiger partial charge is 0.141 e. The lowest BCUT2D eigenvalue weighted by atomic mass is 10.1. The molecule has 2 heterocycles. The van der Waals surface area contributed by atoms with Gasteiger partial charge in [0.15, 0.2) is 0 Å². The predicted molar refractivity (Wildman–Crippen MR) is 73.6 cm³/mol. The van der Waals surface area contributed by atoms with Crippen LogP contribution in [-0.4, -0.2) is 11.5 Å². The van der Waals surface area contributed by atoms with Crippen molar-refractivity contribution >= 4 is 22.9 Å². The number of halogens is 2. The normalized spacial score (nSPS) is 12.6. The first kappa shape index (κ1) is 13.5. The number of nitrogens with zero attached hydrogens (tertiary/aromatic N) is 1. The van der Waals surface area contributed by atoms with Crippen LogP contribution in [-0.2, 0) is 6.42 Å². The van der Waals surface area contributed by atoms with E-state index in [1.54, 1.807) is 17.4 Å². The average molecular weight is 285 g/mol. The second-order valence-corrected chi connectivity index (χ2v) is 5.72. The molecule has 96 valence electrons. The van der Waals surface area contributed by atoms with Crippen molar-refractivity contribution in [3.05, 3.63) is 51.2 Å². The summed E-state index contributed by atoms with van der Waals surface area (Å²) in [6.45, 7) is 2.88. The van der Waals surface area contributed by atoms with Crippen LogP contribution in [0, 0.1) is 5.82 Å². The third-order valence-corrected chi connectivity index (χ3v) is 3.85. The zero-order chi connectivity index (χ0) is 13.0. The summed E-state index contributed by atoms with van der Waals surface area (Å²) >= 11 is 7.48. The van der Waals surface area contributed by atoms with E-state index < -0.39 is 0 Å². The first-order valence-electron chi connectivity index (χ1n) is 5.78. The number of pyridine rings is 1. The highest BCUT2D eigenvalue weighted by Crippen LogP contribution is 2.26. The highest BCUT2D eigenvalue weighted by Gasteiger charge is 2.13. The lowest BCUT2D eigenvalue weighted by molar-refractivity contribution is 0.535. The predicted octanol–water partition coefficient (Wildman–Crippen LogP) is 3.83. The molecule has 5 heteroatoms. The number of aromatic nitrogens is 1. The molecule has 0 spiro atoms. The van der Waals surface area contributed by atoms with E-state index >= 15 is 0 Å². The Labute approximate surface area is 115 Å². The Hall–Kier alpha value is -0.970. The highest BCUT2D eigenvalue weighted by molar-refractivity contribution is 7.16. The van der Waals surface area contributed by atoms with Gasteiger partial charge in [-0.3, -0.25) is 4.98 Å². The van der Waals surface area contributed by atoms with Crippen molar-refractivity contribution < 1.29 is 4.39 Å². The monoisotopic (exact) mass is 284 g/mol. The summed E-state index contributed by atoms with van der Waals surface area (Å²) in [7, 11) is 0. The number of nitrogens with one attached hydrogen (secondary N) is 1. The minimum absolute atomic E-state index is 0.0883. The fraction of sp³-hybridized carbons (Fsp3) is 0.308. The second-order valence-electron chi connectivity index (χ2n) is 3.92. The molecule has 1 N–H and O–H groups in total. The summed E-state index contributed by atoms with van der Waals surface area (Å²) in [4.78, 5) is 5.33. The summed E-state index contributed by atoms with van der Waals surface area (Å²) in [5, 5.41) is 3.35. The summed E-state index contributed by atoms with van der Waals surface area (Å²) in [5.74, 6) is -0.312. The van der Waals surface area contributed by atoms with E-state index in [1.807, 2.05) is 19.1 Å². The first-order chi connectivity index (χ1) is 8.69. The van der Waals surface area contributed by atoms with E-state index in [0.717, 1.165) is 23.0 Å². The fourth-order valence-corrected chi connectivity index (χ4v) is 2.92. The highest BCUT2D eigenvalue weighted by atomic mass is 35.5. The third kappa shape index (κ3) is 3.51. The topological polar surface area (TPSA) is 24.9 Å². The molecule has 0 bridgehead atoms. The largest absolute Gasteiger partial charge is 0.309 e. The maximum atomic E-state index is 12.9. The van der Waals surface area contributed by atoms with Gasteiger partial charge in [-0.15, -0.1) is 11.3 Å². The maximum Gasteiger partial charge on any atom is 0.141 e. The zero-order valence-corrected chi connectivity index (χ0v) is 11.6. The number of likely N-dealkylation sites (N-methyl/N-ethyl adjacent to an activating group) is 1. The Morgan fingerprint density at radius 2 is 2.22 bits per heavy atom. The molecule has 0 aromatic carbocycles. The number of hydrogen-bond acceptors (Lipinski definition) is 3. The van der Waals surface area contributed by atoms with Crippen LogP contribution in [0.4, 0.5) is 4.39 Å². The Morgan fingerprint density at radius 3 is 2.78 bits per heavy atom. The third-order valence-electron chi connectivity index (χ3n) is 2.59. The standard InChI is InChI=1S/C13H14ClFN2S/c1-2-16-12(7-10-4-6-13(14)18-10)11-5-3-9(15)8-17-11/h3-6,8,12,16H,2,7H2,1H3. The molecule has 2 rings (SSSR count). The van der Waals surface area contributed by atoms with Gasteiger partial charge in [0, 0.05) is 11.3 Å². The number of thiophene rings is 1. The summed E-state index contributed by atoms with van der Waals surface area (Å²) in [6, 6.07) is 7.15. The van der Waals surface area contributed by atoms with Gasteiger partial charge in [0.1, 0.15) is 5.82 Å². The second kappa shape index (κ2) is 6.27. The lowest BCUT2D eigenvalue weighted by Crippen LogP contribution is -2.23. The molecule has 0 saturated heterocycles. The minimum Gasteiger partial charge on any atom is -0.309 e. The number of hydrogen-bond donors (Lipinski definition) is 1. The van der Waals surface area contributed by atoms with Crippen LogP contribution in [0.1, 0.15) is 23.5 Å². The Kier molecular flexibility index (Phi) is 4.69. The van der Waals surface area contributed by atoms with Gasteiger partial charge < -0.3 is 5.32 Å². The zero-order valence-electron chi connectivity index (χ0n) is 9.99. The molecule has 0 saturated carbocycles. The van der Waals surface area contributed by atoms with Crippen molar-refractivity contribution in [2.75, 3.05) is 6.54 Å². The minimum atomic E-state index is -0.312. The molecule has 0 aliphatic rings. The van der Waals surface area contributed by atoms with E-state index in [2.05, 4.69) is 10.3 Å². The summed E-state index contributed by atoms with van der Waals surface area (Å²) in [5.41, 5.74) is 0.850. The van der Waals surface area contributed by atoms with Crippen LogP contribution < -0.4 is 5.32 Å². The van der Waals surface area contributed by atoms with E-state index in [9.17, 15) is 4.39 Å². The molecule has 2 nitrogen and oxygen atoms in total. The first-order valence-corrected chi connectivity index (χ1v) is 6.97. The lowest BCUT2D eigenvalue weighted by Gasteiger charge is -2.16. The van der Waals surface area contributed by atoms with Gasteiger partial charge in [-0.2, -0.15) is 0 Å². The van der Waals surface area contributed by atoms with Crippen LogP contribution in [0.25, 0.3) is 0 Å². The maximum absolute atomic E-state index is 12.9. The van der Waals surface area contributed by atoms with E-state index in [0.29, 0.717) is 0 Å². The molecule has 18 heavy (non-hydrogen) atoms. The SMILES string of the molecule is CCNC(Cc1ccc(Cl)s1)c1ccc(F)cn1. The van der Waals surface area contributed by atoms with Gasteiger partial charge in [-0.25, -0.2) is 4.39 Å². The van der Waals surface area contributed by atoms with E-state index in [4.69, 9.17) is 11.6 Å². The molecule has 1 unspecified atom stereocenters. The van der Waals surface area contributed by atoms with Crippen LogP contribution in [0.3, 0.4) is 0 Å². The van der Waals surface area contributed by atoms with Gasteiger partial charge in [0.25, 0.3) is 0 Å². The molecule has 0 fully saturated rings. The molecule has 0 radical (unpaired) electrons. The molecule has 0 amide bonds. The van der Waals surface area contributed by atoms with Crippen molar-refractivity contribution in [1.82, 2.24) is 10.3 Å². The average Bonchev–Trinajstić information content (AvgIpc) is 2.75. The van der Waals surface area contributed by atoms with Crippen molar-refractivity contribution in [2.45, 2.75) is 19.4 Å². The molecular weight excluding hydrogens is 271 g/mol. The molecule has 2 aromatic rings. The Bertz CT molecular complexity index is 498. The van der Waals surface area contributed by atoms with Crippen LogP contribution in [0.15, 0.2) is 30.5 Å². The molecule has 1 atom stereocenters. The number of rotatable bonds is 5. The molecule has 0 aliphatic heterocycles. The van der Waals surface area contributed by atoms with Crippen molar-refractivity contribution in [2.24, 2.45) is 0 Å². The van der Waals surface area contributed by atoms with Crippen molar-refractivity contribution in [3.63, 3.8) is 0 Å². The Morgan fingerprint density at radius 1 is 1.39 bits per heavy atom. The molecule has 2 aromatic heterocycles. The van der Waals surface area contributed by atoms with E-state index in [1.165, 1.54) is 17.1 Å². The van der Waals surface area contributed by atoms with Crippen molar-refractivity contribution in [3.8, 4) is 0 Å². The van der Waals surface area contributed by atoms with Crippen molar-refractivity contribution in [1.29, 1.82) is 0 Å². The van der Waals surface area contributed by atoms with Gasteiger partial charge in [-0.1, -0.05) is 18.5 Å². The molecule has 0 aliphatic carbocycles. The van der Waals surface area contributed by atoms with Gasteiger partial charge in [0.2, 0.25) is 0 Å².